The molecule has 0 bridgehead atoms. The first-order chi connectivity index (χ1) is 9.49. The third-order valence-electron chi connectivity index (χ3n) is 3.01. The summed E-state index contributed by atoms with van der Waals surface area (Å²) >= 11 is 0. The van der Waals surface area contributed by atoms with Crippen LogP contribution in [0, 0.1) is 6.92 Å². The van der Waals surface area contributed by atoms with E-state index in [0.717, 1.165) is 10.5 Å². The number of hydrogen-bond donors (Lipinski definition) is 2. The van der Waals surface area contributed by atoms with Crippen molar-refractivity contribution in [1.82, 2.24) is 0 Å². The van der Waals surface area contributed by atoms with E-state index in [-0.39, 0.29) is 5.75 Å². The Balaban J connectivity index is 2.30. The first-order valence-electron chi connectivity index (χ1n) is 6.11. The van der Waals surface area contributed by atoms with Crippen molar-refractivity contribution in [2.45, 2.75) is 17.6 Å². The Hall–Kier alpha value is -2.14. The van der Waals surface area contributed by atoms with Crippen molar-refractivity contribution in [2.24, 2.45) is 5.73 Å². The molecule has 0 aromatic heterocycles. The molecule has 104 valence electrons. The number of aryl methyl sites for hydroxylation is 1. The summed E-state index contributed by atoms with van der Waals surface area (Å²) in [6, 6.07) is 12.2. The molecule has 1 unspecified atom stereocenters. The minimum Gasteiger partial charge on any atom is -0.399 e. The highest BCUT2D eigenvalue weighted by molar-refractivity contribution is 7.84. The predicted octanol–water partition coefficient (Wildman–Crippen LogP) is 1.98. The highest BCUT2D eigenvalue weighted by Crippen LogP contribution is 2.20. The first kappa shape index (κ1) is 14.3. The highest BCUT2D eigenvalue weighted by atomic mass is 32.2. The highest BCUT2D eigenvalue weighted by Gasteiger charge is 2.13. The smallest absolute Gasteiger partial charge is 0.249 e. The lowest BCUT2D eigenvalue weighted by Gasteiger charge is -2.09. The summed E-state index contributed by atoms with van der Waals surface area (Å²) in [4.78, 5) is 12.1. The van der Waals surface area contributed by atoms with E-state index in [1.165, 1.54) is 0 Å². The Labute approximate surface area is 120 Å². The fraction of sp³-hybridized carbons (Fsp3) is 0.133. The molecular formula is C15H16N2O2S. The molecule has 0 aliphatic heterocycles. The number of carbonyl (C=O) groups excluding carboxylic acids is 1. The normalized spacial score (nSPS) is 12.1. The molecule has 0 fully saturated rings. The van der Waals surface area contributed by atoms with Gasteiger partial charge in [0.15, 0.2) is 0 Å². The molecule has 0 radical (unpaired) electrons. The van der Waals surface area contributed by atoms with Crippen molar-refractivity contribution in [3.63, 3.8) is 0 Å². The zero-order valence-corrected chi connectivity index (χ0v) is 11.9. The van der Waals surface area contributed by atoms with Crippen LogP contribution in [0.1, 0.15) is 21.5 Å². The minimum atomic E-state index is -1.24. The Bertz CT molecular complexity index is 683. The summed E-state index contributed by atoms with van der Waals surface area (Å²) < 4.78 is 12.4. The number of nitrogens with two attached hydrogens (primary N) is 2. The van der Waals surface area contributed by atoms with Crippen molar-refractivity contribution in [3.05, 3.63) is 59.2 Å². The second-order valence-corrected chi connectivity index (χ2v) is 5.96. The number of carbonyl (C=O) groups is 1. The number of nitrogen functional groups attached to an aromatic ring is 1. The molecule has 2 rings (SSSR count). The van der Waals surface area contributed by atoms with Crippen LogP contribution in [0.15, 0.2) is 47.4 Å². The van der Waals surface area contributed by atoms with Gasteiger partial charge >= 0.3 is 0 Å². The number of rotatable bonds is 4. The van der Waals surface area contributed by atoms with Gasteiger partial charge in [-0.1, -0.05) is 18.2 Å². The van der Waals surface area contributed by atoms with Gasteiger partial charge in [-0.25, -0.2) is 0 Å². The van der Waals surface area contributed by atoms with Crippen molar-refractivity contribution >= 4 is 22.4 Å². The average Bonchev–Trinajstić information content (AvgIpc) is 2.38. The topological polar surface area (TPSA) is 86.2 Å². The van der Waals surface area contributed by atoms with Gasteiger partial charge < -0.3 is 11.5 Å². The summed E-state index contributed by atoms with van der Waals surface area (Å²) in [5.74, 6) is -0.254. The van der Waals surface area contributed by atoms with Crippen LogP contribution < -0.4 is 11.5 Å². The van der Waals surface area contributed by atoms with Gasteiger partial charge in [-0.15, -0.1) is 0 Å². The Morgan fingerprint density at radius 2 is 1.90 bits per heavy atom. The maximum atomic E-state index is 12.4. The van der Waals surface area contributed by atoms with Gasteiger partial charge in [-0.2, -0.15) is 0 Å². The standard InChI is InChI=1S/C15H16N2O2S/c1-10-8-12(16)6-7-14(10)20(19)9-11-4-2-3-5-13(11)15(17)18/h2-8H,9,16H2,1H3,(H2,17,18). The van der Waals surface area contributed by atoms with Gasteiger partial charge in [0.05, 0.1) is 16.6 Å². The molecule has 0 heterocycles. The molecule has 1 amide bonds. The van der Waals surface area contributed by atoms with E-state index in [0.29, 0.717) is 16.8 Å². The molecule has 5 heteroatoms. The Kier molecular flexibility index (Phi) is 4.20. The second-order valence-electron chi connectivity index (χ2n) is 4.54. The molecule has 4 N–H and O–H groups in total. The number of benzene rings is 2. The Morgan fingerprint density at radius 1 is 1.20 bits per heavy atom. The third-order valence-corrected chi connectivity index (χ3v) is 4.54. The van der Waals surface area contributed by atoms with Gasteiger partial charge in [0.1, 0.15) is 0 Å². The van der Waals surface area contributed by atoms with E-state index in [9.17, 15) is 9.00 Å². The van der Waals surface area contributed by atoms with Gasteiger partial charge in [-0.3, -0.25) is 9.00 Å². The van der Waals surface area contributed by atoms with E-state index in [1.807, 2.05) is 6.92 Å². The molecule has 1 atom stereocenters. The molecule has 2 aromatic rings. The van der Waals surface area contributed by atoms with Crippen LogP contribution in [-0.2, 0) is 16.6 Å². The second kappa shape index (κ2) is 5.88. The minimum absolute atomic E-state index is 0.254. The fourth-order valence-corrected chi connectivity index (χ4v) is 3.36. The number of primary amides is 1. The lowest BCUT2D eigenvalue weighted by molar-refractivity contribution is 0.0999. The summed E-state index contributed by atoms with van der Waals surface area (Å²) in [6.45, 7) is 1.86. The van der Waals surface area contributed by atoms with Crippen LogP contribution in [-0.4, -0.2) is 10.1 Å². The van der Waals surface area contributed by atoms with E-state index in [4.69, 9.17) is 11.5 Å². The van der Waals surface area contributed by atoms with E-state index in [2.05, 4.69) is 0 Å². The van der Waals surface area contributed by atoms with Gasteiger partial charge in [0, 0.05) is 16.1 Å². The lowest BCUT2D eigenvalue weighted by atomic mass is 10.1. The summed E-state index contributed by atoms with van der Waals surface area (Å²) in [5, 5.41) is 0. The van der Waals surface area contributed by atoms with Crippen LogP contribution in [0.25, 0.3) is 0 Å². The van der Waals surface area contributed by atoms with E-state index in [1.54, 1.807) is 42.5 Å². The molecule has 0 saturated heterocycles. The largest absolute Gasteiger partial charge is 0.399 e. The summed E-state index contributed by atoms with van der Waals surface area (Å²) in [6.07, 6.45) is 0. The lowest BCUT2D eigenvalue weighted by Crippen LogP contribution is -2.14. The number of anilines is 1. The maximum absolute atomic E-state index is 12.4. The zero-order valence-electron chi connectivity index (χ0n) is 11.1. The van der Waals surface area contributed by atoms with Crippen LogP contribution in [0.2, 0.25) is 0 Å². The molecule has 4 nitrogen and oxygen atoms in total. The van der Waals surface area contributed by atoms with Gasteiger partial charge in [0.25, 0.3) is 0 Å². The van der Waals surface area contributed by atoms with Crippen molar-refractivity contribution in [3.8, 4) is 0 Å². The maximum Gasteiger partial charge on any atom is 0.249 e. The molecule has 0 saturated carbocycles. The number of hydrogen-bond acceptors (Lipinski definition) is 3. The van der Waals surface area contributed by atoms with Crippen LogP contribution in [0.4, 0.5) is 5.69 Å². The predicted molar refractivity (Wildman–Crippen MR) is 80.7 cm³/mol. The van der Waals surface area contributed by atoms with E-state index >= 15 is 0 Å². The van der Waals surface area contributed by atoms with Crippen LogP contribution in [0.3, 0.4) is 0 Å². The fourth-order valence-electron chi connectivity index (χ4n) is 2.03. The van der Waals surface area contributed by atoms with Crippen LogP contribution in [0.5, 0.6) is 0 Å². The number of amides is 1. The molecular weight excluding hydrogens is 272 g/mol. The summed E-state index contributed by atoms with van der Waals surface area (Å²) in [7, 11) is -1.24. The van der Waals surface area contributed by atoms with Crippen molar-refractivity contribution in [2.75, 3.05) is 5.73 Å². The quantitative estimate of drug-likeness (QED) is 0.843. The molecule has 20 heavy (non-hydrogen) atoms. The van der Waals surface area contributed by atoms with E-state index < -0.39 is 16.7 Å². The van der Waals surface area contributed by atoms with Crippen LogP contribution >= 0.6 is 0 Å². The molecule has 0 aliphatic rings. The molecule has 0 spiro atoms. The molecule has 0 aliphatic carbocycles. The monoisotopic (exact) mass is 288 g/mol. The Morgan fingerprint density at radius 3 is 2.55 bits per heavy atom. The van der Waals surface area contributed by atoms with Crippen molar-refractivity contribution in [1.29, 1.82) is 0 Å². The zero-order chi connectivity index (χ0) is 14.7. The molecule has 2 aromatic carbocycles. The SMILES string of the molecule is Cc1cc(N)ccc1S(=O)Cc1ccccc1C(N)=O. The van der Waals surface area contributed by atoms with Crippen molar-refractivity contribution < 1.29 is 9.00 Å². The summed E-state index contributed by atoms with van der Waals surface area (Å²) in [5.41, 5.74) is 13.6. The average molecular weight is 288 g/mol. The van der Waals surface area contributed by atoms with Gasteiger partial charge in [0.2, 0.25) is 5.91 Å². The first-order valence-corrected chi connectivity index (χ1v) is 7.43. The third kappa shape index (κ3) is 3.05. The van der Waals surface area contributed by atoms with Gasteiger partial charge in [-0.05, 0) is 42.3 Å².